The molecule has 2 aliphatic rings. The maximum Gasteiger partial charge on any atom is 0.373 e. The number of ether oxygens (including phenoxy) is 2. The number of carbonyl (C=O) groups is 4. The van der Waals surface area contributed by atoms with E-state index in [4.69, 9.17) is 9.15 Å². The van der Waals surface area contributed by atoms with E-state index in [9.17, 15) is 19.2 Å². The summed E-state index contributed by atoms with van der Waals surface area (Å²) in [7, 11) is 1.23. The molecule has 0 aromatic carbocycles. The quantitative estimate of drug-likeness (QED) is 0.589. The maximum absolute atomic E-state index is 13.0. The Bertz CT molecular complexity index is 844. The third kappa shape index (κ3) is 4.28. The van der Waals surface area contributed by atoms with Crippen molar-refractivity contribution >= 4 is 23.9 Å². The van der Waals surface area contributed by atoms with Crippen molar-refractivity contribution in [3.63, 3.8) is 0 Å². The van der Waals surface area contributed by atoms with Gasteiger partial charge in [0.2, 0.25) is 5.76 Å². The van der Waals surface area contributed by atoms with Gasteiger partial charge in [0.15, 0.2) is 0 Å². The first-order chi connectivity index (χ1) is 13.5. The lowest BCUT2D eigenvalue weighted by molar-refractivity contribution is -0.150. The summed E-state index contributed by atoms with van der Waals surface area (Å²) < 4.78 is 14.8. The van der Waals surface area contributed by atoms with Gasteiger partial charge in [-0.3, -0.25) is 14.5 Å². The Morgan fingerprint density at radius 1 is 1.28 bits per heavy atom. The third-order valence-electron chi connectivity index (χ3n) is 5.34. The molecule has 3 rings (SSSR count). The molecule has 0 bridgehead atoms. The van der Waals surface area contributed by atoms with Crippen molar-refractivity contribution in [3.05, 3.63) is 23.7 Å². The fourth-order valence-corrected chi connectivity index (χ4v) is 4.64. The first kappa shape index (κ1) is 20.9. The zero-order chi connectivity index (χ0) is 21.4. The van der Waals surface area contributed by atoms with Crippen LogP contribution in [0, 0.1) is 11.3 Å². The Morgan fingerprint density at radius 3 is 2.66 bits per heavy atom. The number of carbonyl (C=O) groups excluding carboxylic acids is 4. The van der Waals surface area contributed by atoms with Gasteiger partial charge in [0, 0.05) is 0 Å². The van der Waals surface area contributed by atoms with E-state index in [1.54, 1.807) is 0 Å². The van der Waals surface area contributed by atoms with Gasteiger partial charge in [0.05, 0.1) is 7.11 Å². The van der Waals surface area contributed by atoms with Crippen LogP contribution in [0.3, 0.4) is 0 Å². The fourth-order valence-electron chi connectivity index (χ4n) is 4.64. The van der Waals surface area contributed by atoms with Crippen LogP contribution in [0.4, 0.5) is 4.79 Å². The Labute approximate surface area is 168 Å². The molecule has 1 aliphatic heterocycles. The normalized spacial score (nSPS) is 25.8. The van der Waals surface area contributed by atoms with E-state index in [0.29, 0.717) is 12.8 Å². The highest BCUT2D eigenvalue weighted by atomic mass is 16.6. The standard InChI is InChI=1S/C20H26N2O7/c1-12-7-19(2,3)11-20(8-12)17(25)22(18(26)21-20)9-15(23)28-10-13-5-6-14(29-13)16(24)27-4/h5-6,12H,7-11H2,1-4H3,(H,21,26)/t12-,20+/m0/s1. The average Bonchev–Trinajstić information content (AvgIpc) is 3.17. The van der Waals surface area contributed by atoms with Crippen LogP contribution in [0.15, 0.2) is 16.5 Å². The molecule has 158 valence electrons. The minimum Gasteiger partial charge on any atom is -0.463 e. The number of rotatable bonds is 5. The SMILES string of the molecule is COC(=O)c1ccc(COC(=O)CN2C(=O)N[C@@]3(C[C@@H](C)CC(C)(C)C3)C2=O)o1. The number of hydrogen-bond donors (Lipinski definition) is 1. The van der Waals surface area contributed by atoms with Crippen LogP contribution >= 0.6 is 0 Å². The number of nitrogens with one attached hydrogen (secondary N) is 1. The molecule has 1 N–H and O–H groups in total. The minimum absolute atomic E-state index is 0.0105. The first-order valence-electron chi connectivity index (χ1n) is 9.52. The molecule has 3 amide bonds. The summed E-state index contributed by atoms with van der Waals surface area (Å²) >= 11 is 0. The van der Waals surface area contributed by atoms with Gasteiger partial charge in [-0.25, -0.2) is 9.59 Å². The summed E-state index contributed by atoms with van der Waals surface area (Å²) in [6.07, 6.45) is 2.05. The molecule has 9 heteroatoms. The summed E-state index contributed by atoms with van der Waals surface area (Å²) in [5, 5.41) is 2.82. The van der Waals surface area contributed by atoms with Crippen LogP contribution in [0.25, 0.3) is 0 Å². The number of hydrogen-bond acceptors (Lipinski definition) is 7. The molecule has 0 unspecified atom stereocenters. The van der Waals surface area contributed by atoms with Gasteiger partial charge in [0.1, 0.15) is 24.5 Å². The van der Waals surface area contributed by atoms with Crippen LogP contribution in [-0.2, 0) is 25.7 Å². The highest BCUT2D eigenvalue weighted by Gasteiger charge is 2.56. The van der Waals surface area contributed by atoms with Gasteiger partial charge < -0.3 is 19.2 Å². The van der Waals surface area contributed by atoms with Crippen molar-refractivity contribution in [3.8, 4) is 0 Å². The van der Waals surface area contributed by atoms with E-state index in [2.05, 4.69) is 30.8 Å². The molecular formula is C20H26N2O7. The smallest absolute Gasteiger partial charge is 0.373 e. The lowest BCUT2D eigenvalue weighted by Crippen LogP contribution is -2.54. The van der Waals surface area contributed by atoms with Crippen LogP contribution < -0.4 is 5.32 Å². The molecule has 2 atom stereocenters. The largest absolute Gasteiger partial charge is 0.463 e. The molecule has 2 fully saturated rings. The molecule has 2 heterocycles. The fraction of sp³-hybridized carbons (Fsp3) is 0.600. The Kier molecular flexibility index (Phi) is 5.42. The van der Waals surface area contributed by atoms with Crippen molar-refractivity contribution < 1.29 is 33.1 Å². The molecule has 0 radical (unpaired) electrons. The molecule has 1 aromatic heterocycles. The second-order valence-corrected chi connectivity index (χ2v) is 8.68. The number of imide groups is 1. The van der Waals surface area contributed by atoms with Crippen molar-refractivity contribution in [1.82, 2.24) is 10.2 Å². The van der Waals surface area contributed by atoms with E-state index in [-0.39, 0.29) is 35.4 Å². The average molecular weight is 406 g/mol. The molecule has 1 saturated heterocycles. The second-order valence-electron chi connectivity index (χ2n) is 8.68. The summed E-state index contributed by atoms with van der Waals surface area (Å²) in [6, 6.07) is 2.30. The monoisotopic (exact) mass is 406 g/mol. The van der Waals surface area contributed by atoms with Crippen LogP contribution in [0.1, 0.15) is 56.3 Å². The third-order valence-corrected chi connectivity index (χ3v) is 5.34. The highest BCUT2D eigenvalue weighted by Crippen LogP contribution is 2.46. The number of urea groups is 1. The lowest BCUT2D eigenvalue weighted by Gasteiger charge is -2.43. The molecule has 1 aromatic rings. The van der Waals surface area contributed by atoms with Crippen molar-refractivity contribution in [2.75, 3.05) is 13.7 Å². The molecule has 29 heavy (non-hydrogen) atoms. The summed E-state index contributed by atoms with van der Waals surface area (Å²) in [6.45, 7) is 5.50. The Hall–Kier alpha value is -2.84. The van der Waals surface area contributed by atoms with Gasteiger partial charge in [-0.05, 0) is 42.7 Å². The van der Waals surface area contributed by atoms with Crippen LogP contribution in [0.5, 0.6) is 0 Å². The van der Waals surface area contributed by atoms with Crippen molar-refractivity contribution in [2.45, 2.75) is 52.2 Å². The maximum atomic E-state index is 13.0. The zero-order valence-corrected chi connectivity index (χ0v) is 17.1. The van der Waals surface area contributed by atoms with Crippen molar-refractivity contribution in [1.29, 1.82) is 0 Å². The van der Waals surface area contributed by atoms with E-state index in [1.165, 1.54) is 19.2 Å². The molecular weight excluding hydrogens is 380 g/mol. The number of furan rings is 1. The lowest BCUT2D eigenvalue weighted by atomic mass is 9.64. The summed E-state index contributed by atoms with van der Waals surface area (Å²) in [5.74, 6) is -1.26. The van der Waals surface area contributed by atoms with Gasteiger partial charge >= 0.3 is 18.0 Å². The first-order valence-corrected chi connectivity index (χ1v) is 9.52. The van der Waals surface area contributed by atoms with Gasteiger partial charge in [-0.2, -0.15) is 0 Å². The molecule has 1 aliphatic carbocycles. The second kappa shape index (κ2) is 7.53. The summed E-state index contributed by atoms with van der Waals surface area (Å²) in [5.41, 5.74) is -1.05. The highest BCUT2D eigenvalue weighted by molar-refractivity contribution is 6.08. The predicted octanol–water partition coefficient (Wildman–Crippen LogP) is 2.25. The molecule has 9 nitrogen and oxygen atoms in total. The van der Waals surface area contributed by atoms with Crippen LogP contribution in [0.2, 0.25) is 0 Å². The molecule has 1 saturated carbocycles. The van der Waals surface area contributed by atoms with E-state index >= 15 is 0 Å². The Morgan fingerprint density at radius 2 is 2.00 bits per heavy atom. The molecule has 1 spiro atoms. The van der Waals surface area contributed by atoms with Gasteiger partial charge in [-0.15, -0.1) is 0 Å². The van der Waals surface area contributed by atoms with Gasteiger partial charge in [-0.1, -0.05) is 20.8 Å². The number of amides is 3. The van der Waals surface area contributed by atoms with E-state index in [0.717, 1.165) is 11.3 Å². The van der Waals surface area contributed by atoms with E-state index < -0.39 is 30.1 Å². The number of methoxy groups -OCH3 is 1. The van der Waals surface area contributed by atoms with E-state index in [1.807, 2.05) is 0 Å². The Balaban J connectivity index is 1.60. The van der Waals surface area contributed by atoms with Crippen LogP contribution in [-0.4, -0.2) is 48.0 Å². The minimum atomic E-state index is -0.963. The van der Waals surface area contributed by atoms with Gasteiger partial charge in [0.25, 0.3) is 5.91 Å². The topological polar surface area (TPSA) is 115 Å². The number of esters is 2. The van der Waals surface area contributed by atoms with Crippen molar-refractivity contribution in [2.24, 2.45) is 11.3 Å². The predicted molar refractivity (Wildman–Crippen MR) is 99.6 cm³/mol. The zero-order valence-electron chi connectivity index (χ0n) is 17.1. The summed E-state index contributed by atoms with van der Waals surface area (Å²) in [4.78, 5) is 49.9. The number of nitrogens with zero attached hydrogens (tertiary/aromatic N) is 1.